The van der Waals surface area contributed by atoms with Crippen molar-refractivity contribution in [3.8, 4) is 0 Å². The molecule has 1 heterocycles. The Morgan fingerprint density at radius 3 is 2.47 bits per heavy atom. The zero-order chi connectivity index (χ0) is 11.1. The van der Waals surface area contributed by atoms with Gasteiger partial charge in [0.15, 0.2) is 0 Å². The van der Waals surface area contributed by atoms with E-state index in [-0.39, 0.29) is 0 Å². The van der Waals surface area contributed by atoms with Crippen LogP contribution in [-0.4, -0.2) is 13.1 Å². The third-order valence-corrected chi connectivity index (χ3v) is 3.11. The quantitative estimate of drug-likeness (QED) is 0.750. The zero-order valence-corrected chi connectivity index (χ0v) is 9.88. The number of hydrogen-bond donors (Lipinski definition) is 1. The molecule has 2 N–H and O–H groups in total. The zero-order valence-electron chi connectivity index (χ0n) is 9.88. The van der Waals surface area contributed by atoms with Crippen molar-refractivity contribution < 1.29 is 0 Å². The van der Waals surface area contributed by atoms with Gasteiger partial charge in [-0.3, -0.25) is 0 Å². The summed E-state index contributed by atoms with van der Waals surface area (Å²) in [7, 11) is 0. The monoisotopic (exact) mass is 204 g/mol. The van der Waals surface area contributed by atoms with Crippen LogP contribution in [0.3, 0.4) is 0 Å². The lowest BCUT2D eigenvalue weighted by Crippen LogP contribution is -2.53. The predicted molar refractivity (Wildman–Crippen MR) is 66.2 cm³/mol. The fourth-order valence-electron chi connectivity index (χ4n) is 2.27. The van der Waals surface area contributed by atoms with Crippen LogP contribution >= 0.6 is 0 Å². The lowest BCUT2D eigenvalue weighted by atomic mass is 9.84. The summed E-state index contributed by atoms with van der Waals surface area (Å²) >= 11 is 0. The molecule has 0 saturated carbocycles. The van der Waals surface area contributed by atoms with Gasteiger partial charge in [-0.25, -0.2) is 0 Å². The number of nitrogens with two attached hydrogens (primary N) is 1. The highest BCUT2D eigenvalue weighted by Gasteiger charge is 2.34. The minimum absolute atomic E-state index is 0.470. The molecular weight excluding hydrogens is 184 g/mol. The van der Waals surface area contributed by atoms with Crippen LogP contribution in [0.4, 0.5) is 11.4 Å². The number of hydrogen-bond acceptors (Lipinski definition) is 2. The van der Waals surface area contributed by atoms with E-state index in [1.165, 1.54) is 11.3 Å². The second-order valence-corrected chi connectivity index (χ2v) is 5.26. The summed E-state index contributed by atoms with van der Waals surface area (Å²) in [5.41, 5.74) is 9.91. The molecule has 2 rings (SSSR count). The van der Waals surface area contributed by atoms with Gasteiger partial charge in [-0.2, -0.15) is 0 Å². The second-order valence-electron chi connectivity index (χ2n) is 5.26. The van der Waals surface area contributed by atoms with Gasteiger partial charge in [0.25, 0.3) is 0 Å². The molecule has 15 heavy (non-hydrogen) atoms. The Hall–Kier alpha value is -1.18. The molecular formula is C13H20N2. The fourth-order valence-corrected chi connectivity index (χ4v) is 2.27. The van der Waals surface area contributed by atoms with Gasteiger partial charge < -0.3 is 10.6 Å². The Morgan fingerprint density at radius 2 is 2.00 bits per heavy atom. The van der Waals surface area contributed by atoms with Crippen molar-refractivity contribution in [3.05, 3.63) is 23.8 Å². The average Bonchev–Trinajstić information content (AvgIpc) is 2.14. The van der Waals surface area contributed by atoms with E-state index >= 15 is 0 Å². The number of anilines is 2. The number of benzene rings is 1. The van der Waals surface area contributed by atoms with Crippen molar-refractivity contribution in [1.29, 1.82) is 0 Å². The molecule has 1 aliphatic rings. The van der Waals surface area contributed by atoms with Gasteiger partial charge in [0.05, 0.1) is 0 Å². The van der Waals surface area contributed by atoms with Crippen molar-refractivity contribution in [2.45, 2.75) is 27.2 Å². The molecule has 2 nitrogen and oxygen atoms in total. The average molecular weight is 204 g/mol. The van der Waals surface area contributed by atoms with Crippen molar-refractivity contribution in [2.75, 3.05) is 23.7 Å². The Morgan fingerprint density at radius 1 is 1.33 bits per heavy atom. The SMILES string of the molecule is CCc1ccc(N2CC(C)(C)C2)cc1N. The molecule has 82 valence electrons. The summed E-state index contributed by atoms with van der Waals surface area (Å²) in [6.07, 6.45) is 1.01. The van der Waals surface area contributed by atoms with Crippen molar-refractivity contribution >= 4 is 11.4 Å². The second kappa shape index (κ2) is 3.44. The van der Waals surface area contributed by atoms with E-state index in [1.807, 2.05) is 0 Å². The topological polar surface area (TPSA) is 29.3 Å². The highest BCUT2D eigenvalue weighted by molar-refractivity contribution is 5.61. The Balaban J connectivity index is 2.14. The molecule has 1 aromatic rings. The Labute approximate surface area is 92.1 Å². The summed E-state index contributed by atoms with van der Waals surface area (Å²) in [6, 6.07) is 6.44. The molecule has 1 aromatic carbocycles. The van der Waals surface area contributed by atoms with Crippen LogP contribution in [-0.2, 0) is 6.42 Å². The largest absolute Gasteiger partial charge is 0.398 e. The molecule has 2 heteroatoms. The van der Waals surface area contributed by atoms with Crippen LogP contribution in [0.15, 0.2) is 18.2 Å². The summed E-state index contributed by atoms with van der Waals surface area (Å²) < 4.78 is 0. The normalized spacial score (nSPS) is 18.7. The first kappa shape index (κ1) is 10.3. The molecule has 0 aromatic heterocycles. The van der Waals surface area contributed by atoms with Crippen LogP contribution < -0.4 is 10.6 Å². The van der Waals surface area contributed by atoms with E-state index < -0.39 is 0 Å². The van der Waals surface area contributed by atoms with E-state index in [1.54, 1.807) is 0 Å². The van der Waals surface area contributed by atoms with Crippen LogP contribution in [0.25, 0.3) is 0 Å². The third-order valence-electron chi connectivity index (χ3n) is 3.11. The first-order valence-electron chi connectivity index (χ1n) is 5.65. The maximum atomic E-state index is 5.99. The van der Waals surface area contributed by atoms with Crippen LogP contribution in [0, 0.1) is 5.41 Å². The van der Waals surface area contributed by atoms with Gasteiger partial charge in [-0.1, -0.05) is 26.8 Å². The van der Waals surface area contributed by atoms with E-state index in [4.69, 9.17) is 5.73 Å². The van der Waals surface area contributed by atoms with Gasteiger partial charge in [0, 0.05) is 24.5 Å². The third kappa shape index (κ3) is 1.94. The maximum absolute atomic E-state index is 5.99. The van der Waals surface area contributed by atoms with Crippen molar-refractivity contribution in [3.63, 3.8) is 0 Å². The number of aryl methyl sites for hydroxylation is 1. The summed E-state index contributed by atoms with van der Waals surface area (Å²) in [4.78, 5) is 2.38. The molecule has 0 aliphatic carbocycles. The van der Waals surface area contributed by atoms with Gasteiger partial charge in [-0.05, 0) is 29.5 Å². The highest BCUT2D eigenvalue weighted by Crippen LogP contribution is 2.34. The lowest BCUT2D eigenvalue weighted by Gasteiger charge is -2.47. The van der Waals surface area contributed by atoms with Gasteiger partial charge in [-0.15, -0.1) is 0 Å². The van der Waals surface area contributed by atoms with Crippen LogP contribution in [0.2, 0.25) is 0 Å². The molecule has 0 atom stereocenters. The molecule has 0 amide bonds. The molecule has 1 fully saturated rings. The minimum Gasteiger partial charge on any atom is -0.398 e. The van der Waals surface area contributed by atoms with E-state index in [0.717, 1.165) is 25.2 Å². The number of nitrogen functional groups attached to an aromatic ring is 1. The van der Waals surface area contributed by atoms with E-state index in [9.17, 15) is 0 Å². The molecule has 0 bridgehead atoms. The molecule has 0 radical (unpaired) electrons. The number of nitrogens with zero attached hydrogens (tertiary/aromatic N) is 1. The maximum Gasteiger partial charge on any atom is 0.0387 e. The van der Waals surface area contributed by atoms with Crippen molar-refractivity contribution in [1.82, 2.24) is 0 Å². The van der Waals surface area contributed by atoms with Crippen LogP contribution in [0.1, 0.15) is 26.3 Å². The summed E-state index contributed by atoms with van der Waals surface area (Å²) in [5.74, 6) is 0. The molecule has 1 aliphatic heterocycles. The van der Waals surface area contributed by atoms with Gasteiger partial charge >= 0.3 is 0 Å². The Kier molecular flexibility index (Phi) is 2.37. The standard InChI is InChI=1S/C13H20N2/c1-4-10-5-6-11(7-12(10)14)15-8-13(2,3)9-15/h5-7H,4,8-9,14H2,1-3H3. The molecule has 1 saturated heterocycles. The number of rotatable bonds is 2. The first-order chi connectivity index (χ1) is 7.02. The van der Waals surface area contributed by atoms with Crippen LogP contribution in [0.5, 0.6) is 0 Å². The fraction of sp³-hybridized carbons (Fsp3) is 0.538. The minimum atomic E-state index is 0.470. The van der Waals surface area contributed by atoms with Crippen molar-refractivity contribution in [2.24, 2.45) is 5.41 Å². The summed E-state index contributed by atoms with van der Waals surface area (Å²) in [5, 5.41) is 0. The lowest BCUT2D eigenvalue weighted by molar-refractivity contribution is 0.276. The first-order valence-corrected chi connectivity index (χ1v) is 5.65. The van der Waals surface area contributed by atoms with E-state index in [2.05, 4.69) is 43.9 Å². The molecule has 0 spiro atoms. The Bertz CT molecular complexity index is 361. The highest BCUT2D eigenvalue weighted by atomic mass is 15.2. The van der Waals surface area contributed by atoms with E-state index in [0.29, 0.717) is 5.41 Å². The van der Waals surface area contributed by atoms with Gasteiger partial charge in [0.2, 0.25) is 0 Å². The smallest absolute Gasteiger partial charge is 0.0387 e. The molecule has 0 unspecified atom stereocenters. The predicted octanol–water partition coefficient (Wildman–Crippen LogP) is 2.68. The van der Waals surface area contributed by atoms with Gasteiger partial charge in [0.1, 0.15) is 0 Å². The summed E-state index contributed by atoms with van der Waals surface area (Å²) in [6.45, 7) is 9.01.